The van der Waals surface area contributed by atoms with Gasteiger partial charge in [0.1, 0.15) is 0 Å². The second kappa shape index (κ2) is 8.61. The average molecular weight is 330 g/mol. The molecule has 1 aromatic carbocycles. The number of likely N-dealkylation sites (N-methyl/N-ethyl adjacent to an activating group) is 1. The van der Waals surface area contributed by atoms with Crippen molar-refractivity contribution in [2.75, 3.05) is 31.6 Å². The minimum atomic E-state index is -0.0369. The van der Waals surface area contributed by atoms with Crippen LogP contribution in [0.2, 0.25) is 0 Å². The third kappa shape index (κ3) is 4.43. The number of hydrogen-bond acceptors (Lipinski definition) is 4. The van der Waals surface area contributed by atoms with Gasteiger partial charge >= 0.3 is 0 Å². The van der Waals surface area contributed by atoms with Gasteiger partial charge in [0.25, 0.3) is 0 Å². The van der Waals surface area contributed by atoms with Gasteiger partial charge in [-0.2, -0.15) is 5.10 Å². The molecule has 0 saturated carbocycles. The summed E-state index contributed by atoms with van der Waals surface area (Å²) in [6.45, 7) is 8.02. The number of aryl methyl sites for hydroxylation is 1. The molecule has 6 nitrogen and oxygen atoms in total. The highest BCUT2D eigenvalue weighted by molar-refractivity contribution is 5.92. The molecule has 0 bridgehead atoms. The zero-order valence-corrected chi connectivity index (χ0v) is 14.6. The van der Waals surface area contributed by atoms with Crippen LogP contribution in [-0.2, 0) is 4.79 Å². The number of nitrogens with zero attached hydrogens (tertiary/aromatic N) is 3. The standard InChI is InChI=1S/C18H26N4O2/c1-4-21(12-13-23)11-10-17(24)19-18-14(2)20-22(15(18)3)16-8-6-5-7-9-16/h5-9,23H,4,10-13H2,1-3H3,(H,19,24). The van der Waals surface area contributed by atoms with Gasteiger partial charge in [0, 0.05) is 19.5 Å². The van der Waals surface area contributed by atoms with Crippen molar-refractivity contribution >= 4 is 11.6 Å². The summed E-state index contributed by atoms with van der Waals surface area (Å²) in [6, 6.07) is 9.86. The number of aliphatic hydroxyl groups excluding tert-OH is 1. The summed E-state index contributed by atoms with van der Waals surface area (Å²) in [5.74, 6) is -0.0369. The second-order valence-corrected chi connectivity index (χ2v) is 5.75. The third-order valence-electron chi connectivity index (χ3n) is 4.08. The molecule has 24 heavy (non-hydrogen) atoms. The highest BCUT2D eigenvalue weighted by atomic mass is 16.3. The lowest BCUT2D eigenvalue weighted by molar-refractivity contribution is -0.116. The quantitative estimate of drug-likeness (QED) is 0.778. The fraction of sp³-hybridized carbons (Fsp3) is 0.444. The zero-order valence-electron chi connectivity index (χ0n) is 14.6. The number of benzene rings is 1. The minimum absolute atomic E-state index is 0.0369. The molecule has 1 heterocycles. The Hall–Kier alpha value is -2.18. The van der Waals surface area contributed by atoms with E-state index in [1.54, 1.807) is 0 Å². The first-order chi connectivity index (χ1) is 11.6. The molecule has 0 spiro atoms. The second-order valence-electron chi connectivity index (χ2n) is 5.75. The van der Waals surface area contributed by atoms with Crippen molar-refractivity contribution in [3.05, 3.63) is 41.7 Å². The van der Waals surface area contributed by atoms with E-state index in [0.29, 0.717) is 19.5 Å². The Balaban J connectivity index is 2.05. The van der Waals surface area contributed by atoms with Crippen molar-refractivity contribution < 1.29 is 9.90 Å². The molecule has 0 aliphatic heterocycles. The highest BCUT2D eigenvalue weighted by Crippen LogP contribution is 2.22. The number of amides is 1. The smallest absolute Gasteiger partial charge is 0.225 e. The third-order valence-corrected chi connectivity index (χ3v) is 4.08. The Morgan fingerprint density at radius 1 is 1.25 bits per heavy atom. The Morgan fingerprint density at radius 3 is 2.58 bits per heavy atom. The van der Waals surface area contributed by atoms with Crippen molar-refractivity contribution in [3.63, 3.8) is 0 Å². The van der Waals surface area contributed by atoms with Crippen LogP contribution < -0.4 is 5.32 Å². The maximum Gasteiger partial charge on any atom is 0.225 e. The highest BCUT2D eigenvalue weighted by Gasteiger charge is 2.15. The number of nitrogens with one attached hydrogen (secondary N) is 1. The van der Waals surface area contributed by atoms with Gasteiger partial charge in [-0.05, 0) is 32.5 Å². The lowest BCUT2D eigenvalue weighted by Crippen LogP contribution is -2.30. The van der Waals surface area contributed by atoms with Gasteiger partial charge in [0.2, 0.25) is 5.91 Å². The van der Waals surface area contributed by atoms with Gasteiger partial charge in [-0.3, -0.25) is 4.79 Å². The SMILES string of the molecule is CCN(CCO)CCC(=O)Nc1c(C)nn(-c2ccccc2)c1C. The largest absolute Gasteiger partial charge is 0.395 e. The first-order valence-corrected chi connectivity index (χ1v) is 8.31. The molecule has 0 aliphatic rings. The van der Waals surface area contributed by atoms with Crippen LogP contribution in [0.1, 0.15) is 24.7 Å². The molecular formula is C18H26N4O2. The first-order valence-electron chi connectivity index (χ1n) is 8.31. The van der Waals surface area contributed by atoms with Crippen molar-refractivity contribution in [1.29, 1.82) is 0 Å². The van der Waals surface area contributed by atoms with Crippen molar-refractivity contribution in [2.45, 2.75) is 27.2 Å². The van der Waals surface area contributed by atoms with E-state index in [1.807, 2.05) is 60.7 Å². The van der Waals surface area contributed by atoms with E-state index in [4.69, 9.17) is 5.11 Å². The summed E-state index contributed by atoms with van der Waals surface area (Å²) in [6.07, 6.45) is 0.392. The number of para-hydroxylation sites is 1. The summed E-state index contributed by atoms with van der Waals surface area (Å²) in [5, 5.41) is 16.5. The summed E-state index contributed by atoms with van der Waals surface area (Å²) < 4.78 is 1.84. The molecular weight excluding hydrogens is 304 g/mol. The normalized spacial score (nSPS) is 11.0. The molecule has 1 aromatic heterocycles. The Morgan fingerprint density at radius 2 is 1.96 bits per heavy atom. The molecule has 0 radical (unpaired) electrons. The minimum Gasteiger partial charge on any atom is -0.395 e. The molecule has 0 saturated heterocycles. The predicted octanol–water partition coefficient (Wildman–Crippen LogP) is 2.13. The predicted molar refractivity (Wildman–Crippen MR) is 95.5 cm³/mol. The Kier molecular flexibility index (Phi) is 6.52. The molecule has 6 heteroatoms. The molecule has 2 rings (SSSR count). The van der Waals surface area contributed by atoms with Gasteiger partial charge < -0.3 is 15.3 Å². The molecule has 1 amide bonds. The summed E-state index contributed by atoms with van der Waals surface area (Å²) in [5.41, 5.74) is 3.45. The van der Waals surface area contributed by atoms with Gasteiger partial charge in [0.05, 0.1) is 29.4 Å². The maximum absolute atomic E-state index is 12.2. The molecule has 0 fully saturated rings. The summed E-state index contributed by atoms with van der Waals surface area (Å²) in [7, 11) is 0. The number of carbonyl (C=O) groups is 1. The Labute approximate surface area is 143 Å². The van der Waals surface area contributed by atoms with E-state index in [-0.39, 0.29) is 12.5 Å². The Bertz CT molecular complexity index is 667. The van der Waals surface area contributed by atoms with Crippen LogP contribution in [0.5, 0.6) is 0 Å². The summed E-state index contributed by atoms with van der Waals surface area (Å²) >= 11 is 0. The van der Waals surface area contributed by atoms with Gasteiger partial charge in [0.15, 0.2) is 0 Å². The number of carbonyl (C=O) groups excluding carboxylic acids is 1. The fourth-order valence-corrected chi connectivity index (χ4v) is 2.68. The van der Waals surface area contributed by atoms with E-state index in [0.717, 1.165) is 29.3 Å². The maximum atomic E-state index is 12.2. The molecule has 0 atom stereocenters. The van der Waals surface area contributed by atoms with E-state index in [1.165, 1.54) is 0 Å². The average Bonchev–Trinajstić information content (AvgIpc) is 2.87. The molecule has 2 aromatic rings. The van der Waals surface area contributed by atoms with Crippen molar-refractivity contribution in [2.24, 2.45) is 0 Å². The van der Waals surface area contributed by atoms with Crippen LogP contribution in [0.4, 0.5) is 5.69 Å². The number of rotatable bonds is 8. The van der Waals surface area contributed by atoms with Gasteiger partial charge in [-0.25, -0.2) is 4.68 Å². The van der Waals surface area contributed by atoms with Crippen molar-refractivity contribution in [1.82, 2.24) is 14.7 Å². The molecule has 130 valence electrons. The van der Waals surface area contributed by atoms with Crippen LogP contribution in [0.15, 0.2) is 30.3 Å². The zero-order chi connectivity index (χ0) is 17.5. The molecule has 0 unspecified atom stereocenters. The van der Waals surface area contributed by atoms with E-state index in [2.05, 4.69) is 10.4 Å². The van der Waals surface area contributed by atoms with Crippen LogP contribution in [0.25, 0.3) is 5.69 Å². The van der Waals surface area contributed by atoms with Crippen LogP contribution in [0, 0.1) is 13.8 Å². The fourth-order valence-electron chi connectivity index (χ4n) is 2.68. The van der Waals surface area contributed by atoms with Crippen LogP contribution in [0.3, 0.4) is 0 Å². The van der Waals surface area contributed by atoms with Crippen LogP contribution in [-0.4, -0.2) is 51.9 Å². The number of hydrogen-bond donors (Lipinski definition) is 2. The lowest BCUT2D eigenvalue weighted by atomic mass is 10.2. The van der Waals surface area contributed by atoms with E-state index in [9.17, 15) is 4.79 Å². The van der Waals surface area contributed by atoms with Gasteiger partial charge in [-0.1, -0.05) is 25.1 Å². The van der Waals surface area contributed by atoms with E-state index >= 15 is 0 Å². The summed E-state index contributed by atoms with van der Waals surface area (Å²) in [4.78, 5) is 14.3. The number of aliphatic hydroxyl groups is 1. The van der Waals surface area contributed by atoms with E-state index < -0.39 is 0 Å². The number of aromatic nitrogens is 2. The molecule has 2 N–H and O–H groups in total. The number of anilines is 1. The first kappa shape index (κ1) is 18.2. The van der Waals surface area contributed by atoms with Crippen LogP contribution >= 0.6 is 0 Å². The lowest BCUT2D eigenvalue weighted by Gasteiger charge is -2.18. The monoisotopic (exact) mass is 330 g/mol. The van der Waals surface area contributed by atoms with Crippen molar-refractivity contribution in [3.8, 4) is 5.69 Å². The molecule has 0 aliphatic carbocycles. The van der Waals surface area contributed by atoms with Gasteiger partial charge in [-0.15, -0.1) is 0 Å². The topological polar surface area (TPSA) is 70.4 Å².